The minimum atomic E-state index is -4.71. The standard InChI is InChI=1S/C21H22F3N3O3S/c1-13(2)19-14(3)26(4)27(20(19)28)15-9-11-16(12-10-15)31(29,30)25-18-8-6-5-7-17(18)21(22,23)24/h5-13,25H,1-4H3. The van der Waals surface area contributed by atoms with E-state index in [1.807, 2.05) is 25.5 Å². The van der Waals surface area contributed by atoms with Gasteiger partial charge in [0.25, 0.3) is 15.6 Å². The normalized spacial score (nSPS) is 12.4. The van der Waals surface area contributed by atoms with E-state index in [0.29, 0.717) is 11.3 Å². The lowest BCUT2D eigenvalue weighted by molar-refractivity contribution is -0.136. The van der Waals surface area contributed by atoms with E-state index >= 15 is 0 Å². The van der Waals surface area contributed by atoms with E-state index in [2.05, 4.69) is 0 Å². The Bertz CT molecular complexity index is 1270. The molecule has 0 aliphatic heterocycles. The molecule has 0 saturated carbocycles. The van der Waals surface area contributed by atoms with Gasteiger partial charge in [0.05, 0.1) is 21.8 Å². The van der Waals surface area contributed by atoms with Crippen LogP contribution in [0.5, 0.6) is 0 Å². The summed E-state index contributed by atoms with van der Waals surface area (Å²) in [5, 5.41) is 0. The zero-order valence-corrected chi connectivity index (χ0v) is 18.2. The van der Waals surface area contributed by atoms with Crippen molar-refractivity contribution in [2.75, 3.05) is 4.72 Å². The summed E-state index contributed by atoms with van der Waals surface area (Å²) in [5.41, 5.74) is 0.0453. The summed E-state index contributed by atoms with van der Waals surface area (Å²) in [7, 11) is -2.55. The first-order chi connectivity index (χ1) is 14.3. The molecule has 6 nitrogen and oxygen atoms in total. The number of nitrogens with one attached hydrogen (secondary N) is 1. The van der Waals surface area contributed by atoms with Crippen LogP contribution in [-0.4, -0.2) is 17.8 Å². The Morgan fingerprint density at radius 2 is 1.58 bits per heavy atom. The lowest BCUT2D eigenvalue weighted by atomic mass is 10.0. The molecule has 0 spiro atoms. The van der Waals surface area contributed by atoms with Gasteiger partial charge in [-0.1, -0.05) is 26.0 Å². The fraction of sp³-hybridized carbons (Fsp3) is 0.286. The summed E-state index contributed by atoms with van der Waals surface area (Å²) in [6.45, 7) is 5.65. The molecule has 0 bridgehead atoms. The van der Waals surface area contributed by atoms with Crippen molar-refractivity contribution < 1.29 is 21.6 Å². The Kier molecular flexibility index (Phi) is 5.79. The predicted molar refractivity (Wildman–Crippen MR) is 112 cm³/mol. The van der Waals surface area contributed by atoms with Crippen LogP contribution >= 0.6 is 0 Å². The fourth-order valence-electron chi connectivity index (χ4n) is 3.47. The molecule has 31 heavy (non-hydrogen) atoms. The Hall–Kier alpha value is -3.01. The Morgan fingerprint density at radius 3 is 2.10 bits per heavy atom. The van der Waals surface area contributed by atoms with Gasteiger partial charge in [-0.15, -0.1) is 0 Å². The summed E-state index contributed by atoms with van der Waals surface area (Å²) in [5.74, 6) is 0.0116. The molecule has 2 aromatic carbocycles. The van der Waals surface area contributed by atoms with Crippen molar-refractivity contribution >= 4 is 15.7 Å². The van der Waals surface area contributed by atoms with Gasteiger partial charge in [0.15, 0.2) is 0 Å². The molecule has 10 heteroatoms. The van der Waals surface area contributed by atoms with Crippen LogP contribution in [0.3, 0.4) is 0 Å². The Morgan fingerprint density at radius 1 is 1.00 bits per heavy atom. The third kappa shape index (κ3) is 4.25. The first kappa shape index (κ1) is 22.7. The highest BCUT2D eigenvalue weighted by Crippen LogP contribution is 2.35. The molecular formula is C21H22F3N3O3S. The number of sulfonamides is 1. The SMILES string of the molecule is Cc1c(C(C)C)c(=O)n(-c2ccc(S(=O)(=O)Nc3ccccc3C(F)(F)F)cc2)n1C. The highest BCUT2D eigenvalue weighted by Gasteiger charge is 2.34. The lowest BCUT2D eigenvalue weighted by Gasteiger charge is -2.15. The minimum Gasteiger partial charge on any atom is -0.285 e. The largest absolute Gasteiger partial charge is 0.418 e. The zero-order valence-electron chi connectivity index (χ0n) is 17.4. The second kappa shape index (κ2) is 7.92. The number of nitrogens with zero attached hydrogens (tertiary/aromatic N) is 2. The quantitative estimate of drug-likeness (QED) is 0.621. The third-order valence-electron chi connectivity index (χ3n) is 5.04. The monoisotopic (exact) mass is 453 g/mol. The van der Waals surface area contributed by atoms with Crippen molar-refractivity contribution in [1.29, 1.82) is 0 Å². The number of rotatable bonds is 5. The van der Waals surface area contributed by atoms with Crippen molar-refractivity contribution in [1.82, 2.24) is 9.36 Å². The number of alkyl halides is 3. The highest BCUT2D eigenvalue weighted by molar-refractivity contribution is 7.92. The van der Waals surface area contributed by atoms with Gasteiger partial charge in [-0.2, -0.15) is 13.2 Å². The summed E-state index contributed by atoms with van der Waals surface area (Å²) < 4.78 is 69.9. The van der Waals surface area contributed by atoms with E-state index in [9.17, 15) is 26.4 Å². The molecule has 0 aliphatic carbocycles. The summed E-state index contributed by atoms with van der Waals surface area (Å²) in [6, 6.07) is 9.72. The fourth-order valence-corrected chi connectivity index (χ4v) is 4.55. The van der Waals surface area contributed by atoms with Crippen LogP contribution in [0.15, 0.2) is 58.2 Å². The molecule has 0 radical (unpaired) electrons. The van der Waals surface area contributed by atoms with E-state index in [0.717, 1.165) is 17.8 Å². The molecular weight excluding hydrogens is 431 g/mol. The van der Waals surface area contributed by atoms with Crippen molar-refractivity contribution in [3.05, 3.63) is 75.7 Å². The van der Waals surface area contributed by atoms with E-state index in [4.69, 9.17) is 0 Å². The molecule has 1 N–H and O–H groups in total. The Labute approximate surface area is 178 Å². The van der Waals surface area contributed by atoms with E-state index in [-0.39, 0.29) is 16.4 Å². The lowest BCUT2D eigenvalue weighted by Crippen LogP contribution is -2.21. The van der Waals surface area contributed by atoms with Gasteiger partial charge >= 0.3 is 6.18 Å². The third-order valence-corrected chi connectivity index (χ3v) is 6.43. The maximum atomic E-state index is 13.2. The van der Waals surface area contributed by atoms with Crippen LogP contribution in [0.1, 0.15) is 36.6 Å². The van der Waals surface area contributed by atoms with Gasteiger partial charge in [-0.25, -0.2) is 13.1 Å². The zero-order chi connectivity index (χ0) is 23.1. The molecule has 166 valence electrons. The van der Waals surface area contributed by atoms with Crippen LogP contribution in [0.4, 0.5) is 18.9 Å². The molecule has 0 amide bonds. The van der Waals surface area contributed by atoms with Crippen molar-refractivity contribution in [2.45, 2.75) is 37.8 Å². The van der Waals surface area contributed by atoms with Crippen LogP contribution in [0.2, 0.25) is 0 Å². The van der Waals surface area contributed by atoms with Crippen LogP contribution in [0.25, 0.3) is 5.69 Å². The van der Waals surface area contributed by atoms with Crippen molar-refractivity contribution in [3.63, 3.8) is 0 Å². The predicted octanol–water partition coefficient (Wildman–Crippen LogP) is 4.43. The maximum absolute atomic E-state index is 13.2. The average molecular weight is 453 g/mol. The first-order valence-electron chi connectivity index (χ1n) is 9.42. The van der Waals surface area contributed by atoms with Crippen molar-refractivity contribution in [2.24, 2.45) is 7.05 Å². The van der Waals surface area contributed by atoms with E-state index < -0.39 is 27.5 Å². The first-order valence-corrected chi connectivity index (χ1v) is 10.9. The number of hydrogen-bond acceptors (Lipinski definition) is 3. The molecule has 0 atom stereocenters. The Balaban J connectivity index is 1.98. The van der Waals surface area contributed by atoms with Gasteiger partial charge in [0.1, 0.15) is 0 Å². The van der Waals surface area contributed by atoms with Gasteiger partial charge in [0, 0.05) is 18.3 Å². The molecule has 0 fully saturated rings. The molecule has 0 saturated heterocycles. The number of benzene rings is 2. The number of aromatic nitrogens is 2. The number of hydrogen-bond donors (Lipinski definition) is 1. The van der Waals surface area contributed by atoms with Gasteiger partial charge in [0.2, 0.25) is 0 Å². The molecule has 3 rings (SSSR count). The summed E-state index contributed by atoms with van der Waals surface area (Å²) in [6.07, 6.45) is -4.71. The van der Waals surface area contributed by atoms with Crippen molar-refractivity contribution in [3.8, 4) is 5.69 Å². The minimum absolute atomic E-state index is 0.0116. The second-order valence-corrected chi connectivity index (χ2v) is 9.12. The smallest absolute Gasteiger partial charge is 0.285 e. The summed E-state index contributed by atoms with van der Waals surface area (Å²) >= 11 is 0. The molecule has 0 aliphatic rings. The van der Waals surface area contributed by atoms with Crippen LogP contribution in [-0.2, 0) is 23.2 Å². The number of para-hydroxylation sites is 1. The van der Waals surface area contributed by atoms with E-state index in [1.54, 1.807) is 11.7 Å². The van der Waals surface area contributed by atoms with Gasteiger partial charge < -0.3 is 0 Å². The van der Waals surface area contributed by atoms with Gasteiger partial charge in [-0.05, 0) is 49.2 Å². The molecule has 3 aromatic rings. The van der Waals surface area contributed by atoms with Crippen LogP contribution in [0, 0.1) is 6.92 Å². The molecule has 1 heterocycles. The molecule has 0 unspecified atom stereocenters. The van der Waals surface area contributed by atoms with E-state index in [1.165, 1.54) is 41.1 Å². The number of anilines is 1. The topological polar surface area (TPSA) is 73.1 Å². The highest BCUT2D eigenvalue weighted by atomic mass is 32.2. The molecule has 1 aromatic heterocycles. The summed E-state index contributed by atoms with van der Waals surface area (Å²) in [4.78, 5) is 12.6. The van der Waals surface area contributed by atoms with Crippen LogP contribution < -0.4 is 10.3 Å². The second-order valence-electron chi connectivity index (χ2n) is 7.44. The maximum Gasteiger partial charge on any atom is 0.418 e. The average Bonchev–Trinajstić information content (AvgIpc) is 2.90. The van der Waals surface area contributed by atoms with Gasteiger partial charge in [-0.3, -0.25) is 14.2 Å². The number of halogens is 3.